The molecule has 3 aromatic rings. The number of carbonyl (C=O) groups is 1. The zero-order valence-corrected chi connectivity index (χ0v) is 12.9. The van der Waals surface area contributed by atoms with Gasteiger partial charge in [0, 0.05) is 22.9 Å². The highest BCUT2D eigenvalue weighted by molar-refractivity contribution is 6.13. The van der Waals surface area contributed by atoms with Gasteiger partial charge in [0.05, 0.1) is 5.69 Å². The molecular weight excluding hydrogens is 302 g/mol. The molecule has 0 amide bonds. The van der Waals surface area contributed by atoms with Gasteiger partial charge >= 0.3 is 0 Å². The van der Waals surface area contributed by atoms with Gasteiger partial charge < -0.3 is 14.8 Å². The van der Waals surface area contributed by atoms with Gasteiger partial charge in [0.1, 0.15) is 0 Å². The van der Waals surface area contributed by atoms with E-state index in [1.807, 2.05) is 54.6 Å². The third-order valence-corrected chi connectivity index (χ3v) is 3.85. The molecule has 0 aromatic heterocycles. The van der Waals surface area contributed by atoms with Crippen molar-refractivity contribution in [3.05, 3.63) is 83.9 Å². The maximum atomic E-state index is 12.9. The van der Waals surface area contributed by atoms with E-state index in [1.54, 1.807) is 18.2 Å². The Morgan fingerprint density at radius 2 is 1.46 bits per heavy atom. The number of ketones is 1. The smallest absolute Gasteiger partial charge is 0.231 e. The van der Waals surface area contributed by atoms with Gasteiger partial charge in [-0.25, -0.2) is 0 Å². The summed E-state index contributed by atoms with van der Waals surface area (Å²) in [6.07, 6.45) is 0. The van der Waals surface area contributed by atoms with Crippen LogP contribution in [-0.2, 0) is 0 Å². The van der Waals surface area contributed by atoms with Crippen molar-refractivity contribution in [1.29, 1.82) is 0 Å². The minimum Gasteiger partial charge on any atom is -0.454 e. The van der Waals surface area contributed by atoms with E-state index >= 15 is 0 Å². The fraction of sp³-hybridized carbons (Fsp3) is 0.0500. The normalized spacial score (nSPS) is 12.0. The molecule has 1 aliphatic heterocycles. The van der Waals surface area contributed by atoms with E-state index in [0.29, 0.717) is 28.3 Å². The number of nitrogens with one attached hydrogen (secondary N) is 1. The van der Waals surface area contributed by atoms with Crippen LogP contribution < -0.4 is 14.8 Å². The monoisotopic (exact) mass is 317 g/mol. The molecule has 0 atom stereocenters. The third kappa shape index (κ3) is 2.70. The van der Waals surface area contributed by atoms with Crippen LogP contribution >= 0.6 is 0 Å². The average Bonchev–Trinajstić information content (AvgIpc) is 3.09. The highest BCUT2D eigenvalue weighted by atomic mass is 16.7. The zero-order chi connectivity index (χ0) is 16.4. The van der Waals surface area contributed by atoms with Gasteiger partial charge in [-0.15, -0.1) is 0 Å². The first-order valence-corrected chi connectivity index (χ1v) is 7.67. The van der Waals surface area contributed by atoms with Crippen molar-refractivity contribution in [2.75, 3.05) is 12.1 Å². The van der Waals surface area contributed by atoms with Gasteiger partial charge in [0.15, 0.2) is 17.3 Å². The zero-order valence-electron chi connectivity index (χ0n) is 12.9. The lowest BCUT2D eigenvalue weighted by molar-refractivity contribution is 0.103. The Hall–Kier alpha value is -3.27. The molecule has 0 radical (unpaired) electrons. The first kappa shape index (κ1) is 14.3. The summed E-state index contributed by atoms with van der Waals surface area (Å²) in [4.78, 5) is 12.9. The van der Waals surface area contributed by atoms with Gasteiger partial charge in [-0.2, -0.15) is 0 Å². The van der Waals surface area contributed by atoms with Gasteiger partial charge in [0.2, 0.25) is 6.79 Å². The molecule has 0 fully saturated rings. The molecule has 0 spiro atoms. The predicted octanol–water partition coefficient (Wildman–Crippen LogP) is 4.39. The number of rotatable bonds is 4. The minimum absolute atomic E-state index is 0.0627. The molecular formula is C20H15NO3. The lowest BCUT2D eigenvalue weighted by atomic mass is 10.0. The lowest BCUT2D eigenvalue weighted by Crippen LogP contribution is -2.05. The molecule has 0 bridgehead atoms. The molecule has 1 aliphatic rings. The molecule has 3 aromatic carbocycles. The fourth-order valence-corrected chi connectivity index (χ4v) is 2.66. The summed E-state index contributed by atoms with van der Waals surface area (Å²) in [5.41, 5.74) is 2.78. The molecule has 0 aliphatic carbocycles. The number of anilines is 2. The molecule has 24 heavy (non-hydrogen) atoms. The minimum atomic E-state index is -0.0627. The van der Waals surface area contributed by atoms with Crippen molar-refractivity contribution < 1.29 is 14.3 Å². The van der Waals surface area contributed by atoms with Gasteiger partial charge in [-0.1, -0.05) is 48.5 Å². The van der Waals surface area contributed by atoms with Gasteiger partial charge in [0.25, 0.3) is 0 Å². The Bertz CT molecular complexity index is 876. The van der Waals surface area contributed by atoms with Crippen LogP contribution in [0.2, 0.25) is 0 Å². The summed E-state index contributed by atoms with van der Waals surface area (Å²) in [6, 6.07) is 22.5. The van der Waals surface area contributed by atoms with E-state index < -0.39 is 0 Å². The topological polar surface area (TPSA) is 47.6 Å². The second kappa shape index (κ2) is 6.08. The first-order chi connectivity index (χ1) is 11.8. The highest BCUT2D eigenvalue weighted by Gasteiger charge is 2.21. The summed E-state index contributed by atoms with van der Waals surface area (Å²) in [6.45, 7) is 0.170. The number of para-hydroxylation sites is 1. The number of hydrogen-bond donors (Lipinski definition) is 1. The second-order valence-electron chi connectivity index (χ2n) is 5.44. The Balaban J connectivity index is 1.78. The molecule has 4 rings (SSSR count). The second-order valence-corrected chi connectivity index (χ2v) is 5.44. The third-order valence-electron chi connectivity index (χ3n) is 3.85. The van der Waals surface area contributed by atoms with E-state index in [0.717, 1.165) is 5.69 Å². The molecule has 1 N–H and O–H groups in total. The van der Waals surface area contributed by atoms with Crippen LogP contribution in [0.15, 0.2) is 72.8 Å². The molecule has 0 saturated heterocycles. The molecule has 118 valence electrons. The Morgan fingerprint density at radius 3 is 2.17 bits per heavy atom. The van der Waals surface area contributed by atoms with Crippen molar-refractivity contribution >= 4 is 17.2 Å². The molecule has 0 unspecified atom stereocenters. The van der Waals surface area contributed by atoms with E-state index in [9.17, 15) is 4.79 Å². The van der Waals surface area contributed by atoms with Crippen LogP contribution in [0.3, 0.4) is 0 Å². The summed E-state index contributed by atoms with van der Waals surface area (Å²) in [5.74, 6) is 1.17. The summed E-state index contributed by atoms with van der Waals surface area (Å²) in [7, 11) is 0. The Kier molecular flexibility index (Phi) is 3.63. The summed E-state index contributed by atoms with van der Waals surface area (Å²) >= 11 is 0. The van der Waals surface area contributed by atoms with Crippen molar-refractivity contribution in [1.82, 2.24) is 0 Å². The van der Waals surface area contributed by atoms with Crippen LogP contribution in [0.25, 0.3) is 0 Å². The number of ether oxygens (including phenoxy) is 2. The van der Waals surface area contributed by atoms with Crippen molar-refractivity contribution in [3.63, 3.8) is 0 Å². The number of benzene rings is 3. The molecule has 0 saturated carbocycles. The molecule has 1 heterocycles. The van der Waals surface area contributed by atoms with Gasteiger partial charge in [-0.3, -0.25) is 4.79 Å². The highest BCUT2D eigenvalue weighted by Crippen LogP contribution is 2.38. The van der Waals surface area contributed by atoms with Gasteiger partial charge in [-0.05, 0) is 18.2 Å². The fourth-order valence-electron chi connectivity index (χ4n) is 2.66. The van der Waals surface area contributed by atoms with Crippen LogP contribution in [-0.4, -0.2) is 12.6 Å². The molecule has 4 nitrogen and oxygen atoms in total. The number of fused-ring (bicyclic) bond motifs is 1. The lowest BCUT2D eigenvalue weighted by Gasteiger charge is -2.13. The van der Waals surface area contributed by atoms with Crippen molar-refractivity contribution in [2.45, 2.75) is 0 Å². The van der Waals surface area contributed by atoms with E-state index in [4.69, 9.17) is 9.47 Å². The van der Waals surface area contributed by atoms with E-state index in [-0.39, 0.29) is 12.6 Å². The predicted molar refractivity (Wildman–Crippen MR) is 92.2 cm³/mol. The summed E-state index contributed by atoms with van der Waals surface area (Å²) < 4.78 is 10.9. The number of hydrogen-bond acceptors (Lipinski definition) is 4. The number of carbonyl (C=O) groups excluding carboxylic acids is 1. The first-order valence-electron chi connectivity index (χ1n) is 7.67. The largest absolute Gasteiger partial charge is 0.454 e. The standard InChI is InChI=1S/C20H15NO3/c22-20(14-7-3-1-4-8-14)16-11-18-19(24-13-23-18)12-17(16)21-15-9-5-2-6-10-15/h1-12,21H,13H2. The Labute approximate surface area is 139 Å². The van der Waals surface area contributed by atoms with Crippen LogP contribution in [0, 0.1) is 0 Å². The average molecular weight is 317 g/mol. The summed E-state index contributed by atoms with van der Waals surface area (Å²) in [5, 5.41) is 3.30. The quantitative estimate of drug-likeness (QED) is 0.725. The maximum absolute atomic E-state index is 12.9. The van der Waals surface area contributed by atoms with Crippen molar-refractivity contribution in [2.24, 2.45) is 0 Å². The Morgan fingerprint density at radius 1 is 0.833 bits per heavy atom. The van der Waals surface area contributed by atoms with Crippen molar-refractivity contribution in [3.8, 4) is 11.5 Å². The SMILES string of the molecule is O=C(c1ccccc1)c1cc2c(cc1Nc1ccccc1)OCO2. The maximum Gasteiger partial charge on any atom is 0.231 e. The van der Waals surface area contributed by atoms with Crippen LogP contribution in [0.5, 0.6) is 11.5 Å². The van der Waals surface area contributed by atoms with E-state index in [2.05, 4.69) is 5.32 Å². The van der Waals surface area contributed by atoms with Crippen LogP contribution in [0.4, 0.5) is 11.4 Å². The molecule has 4 heteroatoms. The van der Waals surface area contributed by atoms with E-state index in [1.165, 1.54) is 0 Å². The van der Waals surface area contributed by atoms with Crippen LogP contribution in [0.1, 0.15) is 15.9 Å².